The standard InChI is InChI=1S/C17H16N2O2/c1-2-21-16-10-6-3-7-13(16)11-19-12-18-15-9-5-4-8-14(15)17(19)20/h3-10,12H,2,11H2,1H3. The van der Waals surface area contributed by atoms with E-state index in [0.29, 0.717) is 18.5 Å². The van der Waals surface area contributed by atoms with Gasteiger partial charge in [0.2, 0.25) is 0 Å². The lowest BCUT2D eigenvalue weighted by Crippen LogP contribution is -2.21. The largest absolute Gasteiger partial charge is 0.494 e. The molecule has 21 heavy (non-hydrogen) atoms. The van der Waals surface area contributed by atoms with Gasteiger partial charge in [-0.1, -0.05) is 30.3 Å². The van der Waals surface area contributed by atoms with E-state index in [1.165, 1.54) is 0 Å². The van der Waals surface area contributed by atoms with E-state index in [-0.39, 0.29) is 5.56 Å². The number of aromatic nitrogens is 2. The summed E-state index contributed by atoms with van der Waals surface area (Å²) in [6.45, 7) is 3.00. The molecule has 0 aliphatic carbocycles. The van der Waals surface area contributed by atoms with Crippen LogP contribution >= 0.6 is 0 Å². The number of rotatable bonds is 4. The van der Waals surface area contributed by atoms with Gasteiger partial charge in [-0.2, -0.15) is 0 Å². The number of para-hydroxylation sites is 2. The molecule has 0 spiro atoms. The van der Waals surface area contributed by atoms with Crippen molar-refractivity contribution in [3.63, 3.8) is 0 Å². The highest BCUT2D eigenvalue weighted by atomic mass is 16.5. The smallest absolute Gasteiger partial charge is 0.261 e. The molecule has 1 aromatic heterocycles. The van der Waals surface area contributed by atoms with E-state index in [1.807, 2.05) is 49.4 Å². The number of hydrogen-bond donors (Lipinski definition) is 0. The highest BCUT2D eigenvalue weighted by Gasteiger charge is 2.07. The number of fused-ring (bicyclic) bond motifs is 1. The van der Waals surface area contributed by atoms with E-state index in [2.05, 4.69) is 4.98 Å². The Morgan fingerprint density at radius 1 is 1.10 bits per heavy atom. The normalized spacial score (nSPS) is 10.7. The highest BCUT2D eigenvalue weighted by Crippen LogP contribution is 2.18. The number of nitrogens with zero attached hydrogens (tertiary/aromatic N) is 2. The van der Waals surface area contributed by atoms with Crippen LogP contribution in [0.15, 0.2) is 59.7 Å². The molecular weight excluding hydrogens is 264 g/mol. The number of benzene rings is 2. The first-order chi connectivity index (χ1) is 10.3. The second-order valence-electron chi connectivity index (χ2n) is 4.74. The van der Waals surface area contributed by atoms with E-state index >= 15 is 0 Å². The molecule has 0 fully saturated rings. The zero-order valence-corrected chi connectivity index (χ0v) is 11.8. The van der Waals surface area contributed by atoms with E-state index in [4.69, 9.17) is 4.74 Å². The first-order valence-electron chi connectivity index (χ1n) is 6.94. The van der Waals surface area contributed by atoms with Gasteiger partial charge in [0.25, 0.3) is 5.56 Å². The van der Waals surface area contributed by atoms with Gasteiger partial charge in [0.1, 0.15) is 5.75 Å². The third-order valence-electron chi connectivity index (χ3n) is 3.34. The Hall–Kier alpha value is -2.62. The van der Waals surface area contributed by atoms with Crippen molar-refractivity contribution < 1.29 is 4.74 Å². The maximum absolute atomic E-state index is 12.5. The molecule has 0 amide bonds. The van der Waals surface area contributed by atoms with Gasteiger partial charge in [0.15, 0.2) is 0 Å². The number of hydrogen-bond acceptors (Lipinski definition) is 3. The molecule has 0 aliphatic rings. The molecule has 0 bridgehead atoms. The van der Waals surface area contributed by atoms with Crippen molar-refractivity contribution in [2.45, 2.75) is 13.5 Å². The van der Waals surface area contributed by atoms with Gasteiger partial charge in [0.05, 0.1) is 30.4 Å². The van der Waals surface area contributed by atoms with E-state index in [9.17, 15) is 4.79 Å². The maximum atomic E-state index is 12.5. The summed E-state index contributed by atoms with van der Waals surface area (Å²) in [5, 5.41) is 0.633. The van der Waals surface area contributed by atoms with Gasteiger partial charge in [-0.15, -0.1) is 0 Å². The monoisotopic (exact) mass is 280 g/mol. The molecule has 0 saturated heterocycles. The molecule has 0 atom stereocenters. The Bertz CT molecular complexity index is 824. The summed E-state index contributed by atoms with van der Waals surface area (Å²) in [6, 6.07) is 15.1. The lowest BCUT2D eigenvalue weighted by atomic mass is 10.2. The van der Waals surface area contributed by atoms with Gasteiger partial charge in [-0.05, 0) is 25.1 Å². The molecule has 4 heteroatoms. The summed E-state index contributed by atoms with van der Waals surface area (Å²) in [4.78, 5) is 16.8. The van der Waals surface area contributed by atoms with E-state index in [0.717, 1.165) is 16.8 Å². The fourth-order valence-corrected chi connectivity index (χ4v) is 2.33. The molecule has 3 aromatic rings. The van der Waals surface area contributed by atoms with Gasteiger partial charge < -0.3 is 4.74 Å². The fraction of sp³-hybridized carbons (Fsp3) is 0.176. The van der Waals surface area contributed by atoms with Crippen molar-refractivity contribution >= 4 is 10.9 Å². The van der Waals surface area contributed by atoms with Gasteiger partial charge in [-0.3, -0.25) is 9.36 Å². The lowest BCUT2D eigenvalue weighted by Gasteiger charge is -2.11. The third kappa shape index (κ3) is 2.65. The van der Waals surface area contributed by atoms with Crippen LogP contribution in [0.1, 0.15) is 12.5 Å². The summed E-state index contributed by atoms with van der Waals surface area (Å²) in [6.07, 6.45) is 1.59. The Morgan fingerprint density at radius 2 is 1.86 bits per heavy atom. The minimum Gasteiger partial charge on any atom is -0.494 e. The van der Waals surface area contributed by atoms with Crippen LogP contribution in [0.5, 0.6) is 5.75 Å². The average molecular weight is 280 g/mol. The quantitative estimate of drug-likeness (QED) is 0.738. The number of ether oxygens (including phenoxy) is 1. The van der Waals surface area contributed by atoms with Gasteiger partial charge in [-0.25, -0.2) is 4.98 Å². The van der Waals surface area contributed by atoms with Crippen molar-refractivity contribution in [3.05, 3.63) is 70.8 Å². The van der Waals surface area contributed by atoms with Crippen molar-refractivity contribution in [3.8, 4) is 5.75 Å². The van der Waals surface area contributed by atoms with Crippen molar-refractivity contribution in [2.24, 2.45) is 0 Å². The van der Waals surface area contributed by atoms with Gasteiger partial charge in [0, 0.05) is 5.56 Å². The van der Waals surface area contributed by atoms with Gasteiger partial charge >= 0.3 is 0 Å². The molecule has 1 heterocycles. The van der Waals surface area contributed by atoms with Crippen LogP contribution in [-0.4, -0.2) is 16.2 Å². The van der Waals surface area contributed by atoms with Crippen molar-refractivity contribution in [2.75, 3.05) is 6.61 Å². The molecule has 3 rings (SSSR count). The van der Waals surface area contributed by atoms with Crippen LogP contribution in [0.3, 0.4) is 0 Å². The second kappa shape index (κ2) is 5.79. The second-order valence-corrected chi connectivity index (χ2v) is 4.74. The minimum absolute atomic E-state index is 0.0353. The predicted molar refractivity (Wildman–Crippen MR) is 82.7 cm³/mol. The minimum atomic E-state index is -0.0353. The summed E-state index contributed by atoms with van der Waals surface area (Å²) in [5.74, 6) is 0.806. The molecule has 0 N–H and O–H groups in total. The summed E-state index contributed by atoms with van der Waals surface area (Å²) >= 11 is 0. The topological polar surface area (TPSA) is 44.1 Å². The SMILES string of the molecule is CCOc1ccccc1Cn1cnc2ccccc2c1=O. The zero-order valence-electron chi connectivity index (χ0n) is 11.8. The van der Waals surface area contributed by atoms with Crippen LogP contribution in [0.25, 0.3) is 10.9 Å². The molecule has 106 valence electrons. The molecule has 2 aromatic carbocycles. The third-order valence-corrected chi connectivity index (χ3v) is 3.34. The Kier molecular flexibility index (Phi) is 3.69. The van der Waals surface area contributed by atoms with Crippen LogP contribution in [0, 0.1) is 0 Å². The summed E-state index contributed by atoms with van der Waals surface area (Å²) in [7, 11) is 0. The molecule has 0 radical (unpaired) electrons. The molecule has 0 saturated carbocycles. The Morgan fingerprint density at radius 3 is 2.71 bits per heavy atom. The highest BCUT2D eigenvalue weighted by molar-refractivity contribution is 5.76. The Balaban J connectivity index is 2.03. The summed E-state index contributed by atoms with van der Waals surface area (Å²) < 4.78 is 7.21. The first kappa shape index (κ1) is 13.4. The van der Waals surface area contributed by atoms with Crippen LogP contribution in [-0.2, 0) is 6.54 Å². The van der Waals surface area contributed by atoms with Crippen LogP contribution < -0.4 is 10.3 Å². The maximum Gasteiger partial charge on any atom is 0.261 e. The van der Waals surface area contributed by atoms with E-state index < -0.39 is 0 Å². The average Bonchev–Trinajstić information content (AvgIpc) is 2.52. The first-order valence-corrected chi connectivity index (χ1v) is 6.94. The Labute approximate surface area is 122 Å². The van der Waals surface area contributed by atoms with Crippen LogP contribution in [0.2, 0.25) is 0 Å². The van der Waals surface area contributed by atoms with E-state index in [1.54, 1.807) is 17.0 Å². The van der Waals surface area contributed by atoms with Crippen molar-refractivity contribution in [1.29, 1.82) is 0 Å². The van der Waals surface area contributed by atoms with Crippen LogP contribution in [0.4, 0.5) is 0 Å². The molecule has 4 nitrogen and oxygen atoms in total. The summed E-state index contributed by atoms with van der Waals surface area (Å²) in [5.41, 5.74) is 1.65. The predicted octanol–water partition coefficient (Wildman–Crippen LogP) is 2.84. The molecule has 0 unspecified atom stereocenters. The van der Waals surface area contributed by atoms with Crippen molar-refractivity contribution in [1.82, 2.24) is 9.55 Å². The zero-order chi connectivity index (χ0) is 14.7. The molecule has 0 aliphatic heterocycles. The fourth-order valence-electron chi connectivity index (χ4n) is 2.33. The molecular formula is C17H16N2O2. The lowest BCUT2D eigenvalue weighted by molar-refractivity contribution is 0.335.